The lowest BCUT2D eigenvalue weighted by molar-refractivity contribution is -0.886. The van der Waals surface area contributed by atoms with Crippen LogP contribution in [0.2, 0.25) is 5.02 Å². The average molecular weight is 319 g/mol. The highest BCUT2D eigenvalue weighted by Gasteiger charge is 2.15. The molecular formula is C14H20Cl2N2O2. The average Bonchev–Trinajstić information content (AvgIpc) is 2.87. The van der Waals surface area contributed by atoms with E-state index < -0.39 is 6.09 Å². The molecule has 1 amide bonds. The first-order valence-electron chi connectivity index (χ1n) is 6.71. The van der Waals surface area contributed by atoms with Gasteiger partial charge in [0.2, 0.25) is 0 Å². The van der Waals surface area contributed by atoms with E-state index in [1.165, 1.54) is 25.9 Å². The molecule has 2 N–H and O–H groups in total. The molecule has 1 heterocycles. The van der Waals surface area contributed by atoms with Crippen molar-refractivity contribution < 1.29 is 26.8 Å². The van der Waals surface area contributed by atoms with E-state index >= 15 is 0 Å². The Labute approximate surface area is 130 Å². The number of carbonyl (C=O) groups excluding carboxylic acids is 1. The van der Waals surface area contributed by atoms with Crippen molar-refractivity contribution in [3.63, 3.8) is 0 Å². The number of nitrogens with one attached hydrogen (secondary N) is 2. The van der Waals surface area contributed by atoms with E-state index in [4.69, 9.17) is 16.3 Å². The number of likely N-dealkylation sites (tertiary alicyclic amines) is 1. The summed E-state index contributed by atoms with van der Waals surface area (Å²) in [6, 6.07) is 5.41. The predicted octanol–water partition coefficient (Wildman–Crippen LogP) is -1.58. The van der Waals surface area contributed by atoms with Crippen LogP contribution in [-0.2, 0) is 0 Å². The van der Waals surface area contributed by atoms with E-state index in [1.54, 1.807) is 11.0 Å². The maximum Gasteiger partial charge on any atom is 0.412 e. The van der Waals surface area contributed by atoms with E-state index in [1.807, 2.05) is 19.1 Å². The number of ether oxygens (including phenoxy) is 1. The fourth-order valence-corrected chi connectivity index (χ4v) is 2.60. The molecule has 1 fully saturated rings. The molecule has 1 aromatic rings. The molecule has 1 aromatic carbocycles. The highest BCUT2D eigenvalue weighted by Crippen LogP contribution is 2.27. The van der Waals surface area contributed by atoms with E-state index in [0.717, 1.165) is 12.1 Å². The Bertz CT molecular complexity index is 429. The van der Waals surface area contributed by atoms with Crippen molar-refractivity contribution in [2.75, 3.05) is 26.2 Å². The van der Waals surface area contributed by atoms with Gasteiger partial charge in [0.25, 0.3) is 0 Å². The molecule has 0 atom stereocenters. The summed E-state index contributed by atoms with van der Waals surface area (Å²) < 4.78 is 5.25. The third-order valence-corrected chi connectivity index (χ3v) is 3.71. The lowest BCUT2D eigenvalue weighted by Crippen LogP contribution is -3.10. The Kier molecular flexibility index (Phi) is 7.13. The van der Waals surface area contributed by atoms with Gasteiger partial charge in [0.15, 0.2) is 5.75 Å². The minimum Gasteiger partial charge on any atom is -1.00 e. The SMILES string of the molecule is Cc1cccc(Cl)c1OC(=O)NCC[NH+]1CCCC1.[Cl-]. The molecule has 1 saturated heterocycles. The number of rotatable bonds is 4. The molecule has 0 aromatic heterocycles. The number of quaternary nitrogens is 1. The third kappa shape index (κ3) is 4.85. The summed E-state index contributed by atoms with van der Waals surface area (Å²) in [5.74, 6) is 0.440. The molecule has 20 heavy (non-hydrogen) atoms. The number of para-hydroxylation sites is 1. The number of halogens is 2. The van der Waals surface area contributed by atoms with Gasteiger partial charge >= 0.3 is 6.09 Å². The number of benzene rings is 1. The van der Waals surface area contributed by atoms with Gasteiger partial charge in [-0.15, -0.1) is 0 Å². The van der Waals surface area contributed by atoms with Gasteiger partial charge in [-0.25, -0.2) is 4.79 Å². The van der Waals surface area contributed by atoms with Crippen molar-refractivity contribution in [2.45, 2.75) is 19.8 Å². The lowest BCUT2D eigenvalue weighted by Gasteiger charge is -2.13. The fourth-order valence-electron chi connectivity index (χ4n) is 2.34. The second-order valence-corrected chi connectivity index (χ2v) is 5.32. The van der Waals surface area contributed by atoms with E-state index in [2.05, 4.69) is 5.32 Å². The first kappa shape index (κ1) is 17.1. The van der Waals surface area contributed by atoms with E-state index in [-0.39, 0.29) is 12.4 Å². The first-order chi connectivity index (χ1) is 9.16. The van der Waals surface area contributed by atoms with Crippen LogP contribution >= 0.6 is 11.6 Å². The lowest BCUT2D eigenvalue weighted by atomic mass is 10.2. The van der Waals surface area contributed by atoms with Crippen LogP contribution in [0, 0.1) is 6.92 Å². The Morgan fingerprint density at radius 1 is 1.40 bits per heavy atom. The highest BCUT2D eigenvalue weighted by molar-refractivity contribution is 6.32. The summed E-state index contributed by atoms with van der Waals surface area (Å²) >= 11 is 6.00. The number of hydrogen-bond donors (Lipinski definition) is 2. The topological polar surface area (TPSA) is 42.8 Å². The molecule has 1 aliphatic heterocycles. The summed E-state index contributed by atoms with van der Waals surface area (Å²) in [4.78, 5) is 13.2. The monoisotopic (exact) mass is 318 g/mol. The van der Waals surface area contributed by atoms with Crippen molar-refractivity contribution >= 4 is 17.7 Å². The second-order valence-electron chi connectivity index (χ2n) is 4.91. The molecule has 6 heteroatoms. The van der Waals surface area contributed by atoms with Gasteiger partial charge in [-0.05, 0) is 18.6 Å². The van der Waals surface area contributed by atoms with Crippen molar-refractivity contribution in [3.05, 3.63) is 28.8 Å². The van der Waals surface area contributed by atoms with E-state index in [9.17, 15) is 4.79 Å². The Morgan fingerprint density at radius 3 is 2.75 bits per heavy atom. The number of aryl methyl sites for hydroxylation is 1. The molecular weight excluding hydrogens is 299 g/mol. The molecule has 0 aliphatic carbocycles. The van der Waals surface area contributed by atoms with Crippen molar-refractivity contribution in [1.82, 2.24) is 5.32 Å². The zero-order valence-corrected chi connectivity index (χ0v) is 13.1. The van der Waals surface area contributed by atoms with Crippen LogP contribution in [0.25, 0.3) is 0 Å². The standard InChI is InChI=1S/C14H19ClN2O2.ClH/c1-11-5-4-6-12(15)13(11)19-14(18)16-7-10-17-8-2-3-9-17;/h4-6H,2-3,7-10H2,1H3,(H,16,18);1H. The number of carbonyl (C=O) groups is 1. The van der Waals surface area contributed by atoms with Gasteiger partial charge < -0.3 is 27.4 Å². The van der Waals surface area contributed by atoms with Crippen molar-refractivity contribution in [1.29, 1.82) is 0 Å². The molecule has 0 saturated carbocycles. The zero-order valence-electron chi connectivity index (χ0n) is 11.5. The first-order valence-corrected chi connectivity index (χ1v) is 7.09. The Hall–Kier alpha value is -0.970. The fraction of sp³-hybridized carbons (Fsp3) is 0.500. The number of amides is 1. The van der Waals surface area contributed by atoms with Crippen LogP contribution in [-0.4, -0.2) is 32.3 Å². The Balaban J connectivity index is 0.00000200. The molecule has 0 radical (unpaired) electrons. The van der Waals surface area contributed by atoms with Gasteiger partial charge in [-0.2, -0.15) is 0 Å². The molecule has 0 unspecified atom stereocenters. The van der Waals surface area contributed by atoms with Gasteiger partial charge in [-0.3, -0.25) is 0 Å². The van der Waals surface area contributed by atoms with Crippen LogP contribution in [0.1, 0.15) is 18.4 Å². The summed E-state index contributed by atoms with van der Waals surface area (Å²) in [5, 5.41) is 3.23. The third-order valence-electron chi connectivity index (χ3n) is 3.42. The largest absolute Gasteiger partial charge is 1.00 e. The van der Waals surface area contributed by atoms with Crippen molar-refractivity contribution in [2.24, 2.45) is 0 Å². The maximum absolute atomic E-state index is 11.7. The van der Waals surface area contributed by atoms with Crippen LogP contribution < -0.4 is 27.4 Å². The summed E-state index contributed by atoms with van der Waals surface area (Å²) in [5.41, 5.74) is 0.854. The Morgan fingerprint density at radius 2 is 2.10 bits per heavy atom. The van der Waals surface area contributed by atoms with E-state index in [0.29, 0.717) is 17.3 Å². The van der Waals surface area contributed by atoms with Crippen LogP contribution in [0.15, 0.2) is 18.2 Å². The van der Waals surface area contributed by atoms with Gasteiger partial charge in [0, 0.05) is 12.8 Å². The van der Waals surface area contributed by atoms with Gasteiger partial charge in [-0.1, -0.05) is 23.7 Å². The van der Waals surface area contributed by atoms with Crippen LogP contribution in [0.5, 0.6) is 5.75 Å². The molecule has 4 nitrogen and oxygen atoms in total. The smallest absolute Gasteiger partial charge is 0.412 e. The molecule has 112 valence electrons. The maximum atomic E-state index is 11.7. The minimum absolute atomic E-state index is 0. The number of hydrogen-bond acceptors (Lipinski definition) is 2. The molecule has 2 rings (SSSR count). The van der Waals surface area contributed by atoms with Gasteiger partial charge in [0.05, 0.1) is 31.2 Å². The van der Waals surface area contributed by atoms with Crippen molar-refractivity contribution in [3.8, 4) is 5.75 Å². The summed E-state index contributed by atoms with van der Waals surface area (Å²) in [6.07, 6.45) is 2.15. The summed E-state index contributed by atoms with van der Waals surface area (Å²) in [7, 11) is 0. The summed E-state index contributed by atoms with van der Waals surface area (Å²) in [6.45, 7) is 5.87. The highest BCUT2D eigenvalue weighted by atomic mass is 35.5. The predicted molar refractivity (Wildman–Crippen MR) is 75.0 cm³/mol. The molecule has 0 bridgehead atoms. The van der Waals surface area contributed by atoms with Crippen LogP contribution in [0.4, 0.5) is 4.79 Å². The van der Waals surface area contributed by atoms with Crippen LogP contribution in [0.3, 0.4) is 0 Å². The normalized spacial score (nSPS) is 14.7. The molecule has 0 spiro atoms. The second kappa shape index (κ2) is 8.35. The molecule has 1 aliphatic rings. The zero-order chi connectivity index (χ0) is 13.7. The minimum atomic E-state index is -0.435. The van der Waals surface area contributed by atoms with Gasteiger partial charge in [0.1, 0.15) is 0 Å². The quantitative estimate of drug-likeness (QED) is 0.704.